The lowest BCUT2D eigenvalue weighted by molar-refractivity contribution is -0.920. The van der Waals surface area contributed by atoms with Crippen molar-refractivity contribution in [2.24, 2.45) is 5.92 Å². The molecule has 0 aliphatic carbocycles. The normalized spacial score (nSPS) is 22.0. The number of benzene rings is 1. The Labute approximate surface area is 144 Å². The van der Waals surface area contributed by atoms with Gasteiger partial charge < -0.3 is 10.2 Å². The van der Waals surface area contributed by atoms with Gasteiger partial charge in [-0.25, -0.2) is 4.79 Å². The maximum atomic E-state index is 12.2. The Morgan fingerprint density at radius 2 is 1.75 bits per heavy atom. The molecule has 2 rings (SSSR count). The van der Waals surface area contributed by atoms with E-state index in [2.05, 4.69) is 34.9 Å². The fourth-order valence-corrected chi connectivity index (χ4v) is 3.34. The molecule has 3 N–H and O–H groups in total. The van der Waals surface area contributed by atoms with Crippen molar-refractivity contribution in [2.75, 3.05) is 13.1 Å². The summed E-state index contributed by atoms with van der Waals surface area (Å²) in [6.07, 6.45) is 3.37. The molecule has 132 valence electrons. The summed E-state index contributed by atoms with van der Waals surface area (Å²) in [5.41, 5.74) is 1.39. The van der Waals surface area contributed by atoms with Crippen LogP contribution in [0, 0.1) is 5.92 Å². The monoisotopic (exact) mass is 332 g/mol. The smallest absolute Gasteiger partial charge is 0.321 e. The van der Waals surface area contributed by atoms with Gasteiger partial charge in [0.2, 0.25) is 0 Å². The number of imide groups is 1. The molecule has 5 heteroatoms. The molecule has 0 unspecified atom stereocenters. The number of amides is 3. The number of carbonyl (C=O) groups excluding carboxylic acids is 2. The lowest BCUT2D eigenvalue weighted by Crippen LogP contribution is -3.17. The van der Waals surface area contributed by atoms with Gasteiger partial charge >= 0.3 is 6.03 Å². The van der Waals surface area contributed by atoms with Crippen molar-refractivity contribution >= 4 is 11.9 Å². The highest BCUT2D eigenvalue weighted by Gasteiger charge is 2.30. The Bertz CT molecular complexity index is 537. The van der Waals surface area contributed by atoms with Gasteiger partial charge in [-0.05, 0) is 51.5 Å². The maximum absolute atomic E-state index is 12.2. The van der Waals surface area contributed by atoms with Gasteiger partial charge in [0.25, 0.3) is 5.91 Å². The van der Waals surface area contributed by atoms with Crippen LogP contribution in [0.3, 0.4) is 0 Å². The van der Waals surface area contributed by atoms with E-state index in [0.717, 1.165) is 32.4 Å². The predicted molar refractivity (Wildman–Crippen MR) is 94.8 cm³/mol. The van der Waals surface area contributed by atoms with Crippen LogP contribution < -0.4 is 15.5 Å². The van der Waals surface area contributed by atoms with Gasteiger partial charge in [-0.3, -0.25) is 10.1 Å². The Kier molecular flexibility index (Phi) is 6.79. The van der Waals surface area contributed by atoms with Gasteiger partial charge in [-0.2, -0.15) is 0 Å². The van der Waals surface area contributed by atoms with Crippen LogP contribution in [0.5, 0.6) is 0 Å². The average molecular weight is 332 g/mol. The molecular formula is C19H30N3O2+. The van der Waals surface area contributed by atoms with Gasteiger partial charge in [-0.1, -0.05) is 30.3 Å². The molecule has 1 aliphatic heterocycles. The minimum Gasteiger partial charge on any atom is -0.336 e. The molecule has 1 aromatic rings. The molecule has 0 bridgehead atoms. The summed E-state index contributed by atoms with van der Waals surface area (Å²) in [6.45, 7) is 7.62. The van der Waals surface area contributed by atoms with Crippen LogP contribution in [0.1, 0.15) is 39.2 Å². The summed E-state index contributed by atoms with van der Waals surface area (Å²) >= 11 is 0. The quantitative estimate of drug-likeness (QED) is 0.757. The van der Waals surface area contributed by atoms with Crippen molar-refractivity contribution in [2.45, 2.75) is 52.1 Å². The molecule has 1 saturated heterocycles. The third-order valence-corrected chi connectivity index (χ3v) is 4.78. The van der Waals surface area contributed by atoms with Gasteiger partial charge in [0.05, 0.1) is 13.1 Å². The Morgan fingerprint density at radius 3 is 2.33 bits per heavy atom. The third kappa shape index (κ3) is 5.64. The Hall–Kier alpha value is -1.88. The lowest BCUT2D eigenvalue weighted by Gasteiger charge is -2.32. The van der Waals surface area contributed by atoms with Crippen LogP contribution in [-0.2, 0) is 11.2 Å². The number of urea groups is 1. The standard InChI is InChI=1S/C19H29N3O2/c1-14(2)20-19(24)21-18(23)15(3)22-11-9-17(10-12-22)13-16-7-5-4-6-8-16/h4-8,14-15,17H,9-13H2,1-3H3,(H2,20,21,23,24)/p+1/t15-/m0/s1. The summed E-state index contributed by atoms with van der Waals surface area (Å²) in [7, 11) is 0. The summed E-state index contributed by atoms with van der Waals surface area (Å²) in [4.78, 5) is 25.1. The van der Waals surface area contributed by atoms with Crippen LogP contribution in [0.2, 0.25) is 0 Å². The van der Waals surface area contributed by atoms with E-state index in [9.17, 15) is 9.59 Å². The second kappa shape index (κ2) is 8.83. The number of hydrogen-bond donors (Lipinski definition) is 3. The molecule has 0 radical (unpaired) electrons. The van der Waals surface area contributed by atoms with E-state index >= 15 is 0 Å². The van der Waals surface area contributed by atoms with E-state index in [0.29, 0.717) is 5.92 Å². The number of rotatable bonds is 5. The van der Waals surface area contributed by atoms with E-state index in [1.807, 2.05) is 26.8 Å². The second-order valence-corrected chi connectivity index (χ2v) is 7.13. The van der Waals surface area contributed by atoms with Gasteiger partial charge in [0.1, 0.15) is 0 Å². The van der Waals surface area contributed by atoms with Crippen molar-refractivity contribution in [1.29, 1.82) is 0 Å². The first-order valence-electron chi connectivity index (χ1n) is 8.95. The van der Waals surface area contributed by atoms with E-state index in [-0.39, 0.29) is 18.0 Å². The molecule has 0 aromatic heterocycles. The average Bonchev–Trinajstić information content (AvgIpc) is 2.55. The summed E-state index contributed by atoms with van der Waals surface area (Å²) in [6, 6.07) is 10.0. The highest BCUT2D eigenvalue weighted by molar-refractivity contribution is 5.96. The van der Waals surface area contributed by atoms with Crippen molar-refractivity contribution in [1.82, 2.24) is 10.6 Å². The predicted octanol–water partition coefficient (Wildman–Crippen LogP) is 1.15. The zero-order chi connectivity index (χ0) is 17.5. The fraction of sp³-hybridized carbons (Fsp3) is 0.579. The van der Waals surface area contributed by atoms with Crippen molar-refractivity contribution < 1.29 is 14.5 Å². The first-order chi connectivity index (χ1) is 11.5. The molecule has 1 fully saturated rings. The molecule has 1 aromatic carbocycles. The number of likely N-dealkylation sites (tertiary alicyclic amines) is 1. The molecule has 0 saturated carbocycles. The van der Waals surface area contributed by atoms with Gasteiger partial charge in [-0.15, -0.1) is 0 Å². The topological polar surface area (TPSA) is 62.6 Å². The molecule has 5 nitrogen and oxygen atoms in total. The molecular weight excluding hydrogens is 302 g/mol. The van der Waals surface area contributed by atoms with Crippen LogP contribution >= 0.6 is 0 Å². The van der Waals surface area contributed by atoms with Crippen LogP contribution in [0.15, 0.2) is 30.3 Å². The first-order valence-corrected chi connectivity index (χ1v) is 8.95. The molecule has 3 amide bonds. The number of carbonyl (C=O) groups is 2. The molecule has 1 aliphatic rings. The highest BCUT2D eigenvalue weighted by atomic mass is 16.2. The van der Waals surface area contributed by atoms with E-state index in [1.54, 1.807) is 0 Å². The van der Waals surface area contributed by atoms with E-state index < -0.39 is 6.03 Å². The summed E-state index contributed by atoms with van der Waals surface area (Å²) in [5, 5.41) is 5.14. The highest BCUT2D eigenvalue weighted by Crippen LogP contribution is 2.16. The van der Waals surface area contributed by atoms with Crippen LogP contribution in [-0.4, -0.2) is 37.1 Å². The Morgan fingerprint density at radius 1 is 1.12 bits per heavy atom. The van der Waals surface area contributed by atoms with Crippen molar-refractivity contribution in [3.05, 3.63) is 35.9 Å². The minimum atomic E-state index is -0.403. The molecule has 24 heavy (non-hydrogen) atoms. The van der Waals surface area contributed by atoms with Gasteiger partial charge in [0, 0.05) is 6.04 Å². The molecule has 1 atom stereocenters. The fourth-order valence-electron chi connectivity index (χ4n) is 3.34. The largest absolute Gasteiger partial charge is 0.336 e. The SMILES string of the molecule is CC(C)NC(=O)NC(=O)[C@H](C)[NH+]1CCC(Cc2ccccc2)CC1. The maximum Gasteiger partial charge on any atom is 0.321 e. The number of nitrogens with one attached hydrogen (secondary N) is 3. The second-order valence-electron chi connectivity index (χ2n) is 7.13. The van der Waals surface area contributed by atoms with Crippen molar-refractivity contribution in [3.8, 4) is 0 Å². The third-order valence-electron chi connectivity index (χ3n) is 4.78. The van der Waals surface area contributed by atoms with Crippen molar-refractivity contribution in [3.63, 3.8) is 0 Å². The molecule has 0 spiro atoms. The van der Waals surface area contributed by atoms with E-state index in [1.165, 1.54) is 10.5 Å². The first kappa shape index (κ1) is 18.5. The van der Waals surface area contributed by atoms with Gasteiger partial charge in [0.15, 0.2) is 6.04 Å². The molecule has 1 heterocycles. The Balaban J connectivity index is 1.76. The number of hydrogen-bond acceptors (Lipinski definition) is 2. The number of quaternary nitrogens is 1. The van der Waals surface area contributed by atoms with E-state index in [4.69, 9.17) is 0 Å². The summed E-state index contributed by atoms with van der Waals surface area (Å²) < 4.78 is 0. The van der Waals surface area contributed by atoms with Crippen LogP contribution in [0.25, 0.3) is 0 Å². The zero-order valence-electron chi connectivity index (χ0n) is 15.0. The zero-order valence-corrected chi connectivity index (χ0v) is 15.0. The lowest BCUT2D eigenvalue weighted by atomic mass is 9.89. The summed E-state index contributed by atoms with van der Waals surface area (Å²) in [5.74, 6) is 0.500. The minimum absolute atomic E-state index is 0.0224. The van der Waals surface area contributed by atoms with Crippen LogP contribution in [0.4, 0.5) is 4.79 Å². The number of piperidine rings is 1.